The van der Waals surface area contributed by atoms with Crippen molar-refractivity contribution >= 4 is 17.3 Å². The molecule has 2 aromatic rings. The maximum Gasteiger partial charge on any atom is 0.115 e. The van der Waals surface area contributed by atoms with Crippen LogP contribution >= 0.6 is 11.6 Å². The standard InChI is InChI=1S/C20H14ClN3O/c1-12-16(10-22)19(13-6-8-14(25)9-7-13)17(11-23)20(24-12)15-4-2-3-5-18(15)21/h2-9,19,24-25H,1H3. The van der Waals surface area contributed by atoms with Gasteiger partial charge in [-0.2, -0.15) is 10.5 Å². The highest BCUT2D eigenvalue weighted by Gasteiger charge is 2.31. The van der Waals surface area contributed by atoms with Crippen LogP contribution in [0.2, 0.25) is 5.02 Å². The van der Waals surface area contributed by atoms with E-state index in [1.54, 1.807) is 37.3 Å². The maximum atomic E-state index is 9.83. The van der Waals surface area contributed by atoms with E-state index in [1.165, 1.54) is 0 Å². The van der Waals surface area contributed by atoms with Crippen molar-refractivity contribution < 1.29 is 5.11 Å². The van der Waals surface area contributed by atoms with Crippen LogP contribution in [0.1, 0.15) is 24.0 Å². The van der Waals surface area contributed by atoms with Gasteiger partial charge in [0, 0.05) is 16.3 Å². The smallest absolute Gasteiger partial charge is 0.115 e. The zero-order valence-electron chi connectivity index (χ0n) is 13.4. The predicted octanol–water partition coefficient (Wildman–Crippen LogP) is 4.46. The molecule has 1 heterocycles. The van der Waals surface area contributed by atoms with Crippen molar-refractivity contribution in [2.45, 2.75) is 12.8 Å². The number of rotatable bonds is 2. The van der Waals surface area contributed by atoms with Crippen LogP contribution in [0.3, 0.4) is 0 Å². The summed E-state index contributed by atoms with van der Waals surface area (Å²) in [7, 11) is 0. The normalized spacial score (nSPS) is 16.9. The van der Waals surface area contributed by atoms with Crippen molar-refractivity contribution in [1.29, 1.82) is 10.5 Å². The maximum absolute atomic E-state index is 9.83. The summed E-state index contributed by atoms with van der Waals surface area (Å²) in [5.41, 5.74) is 3.63. The number of phenolic OH excluding ortho intramolecular Hbond substituents is 1. The van der Waals surface area contributed by atoms with E-state index < -0.39 is 5.92 Å². The lowest BCUT2D eigenvalue weighted by molar-refractivity contribution is 0.475. The van der Waals surface area contributed by atoms with Gasteiger partial charge in [0.15, 0.2) is 0 Å². The monoisotopic (exact) mass is 347 g/mol. The third-order valence-electron chi connectivity index (χ3n) is 4.17. The van der Waals surface area contributed by atoms with Gasteiger partial charge in [0.05, 0.1) is 34.9 Å². The van der Waals surface area contributed by atoms with Crippen molar-refractivity contribution in [1.82, 2.24) is 5.32 Å². The number of hydrogen-bond acceptors (Lipinski definition) is 4. The molecule has 1 aliphatic rings. The van der Waals surface area contributed by atoms with Crippen LogP contribution in [0.25, 0.3) is 5.70 Å². The average molecular weight is 348 g/mol. The average Bonchev–Trinajstić information content (AvgIpc) is 2.62. The molecule has 25 heavy (non-hydrogen) atoms. The number of halogens is 1. The van der Waals surface area contributed by atoms with Crippen molar-refractivity contribution in [2.24, 2.45) is 0 Å². The van der Waals surface area contributed by atoms with Gasteiger partial charge in [-0.05, 0) is 30.7 Å². The third kappa shape index (κ3) is 2.96. The Bertz CT molecular complexity index is 975. The van der Waals surface area contributed by atoms with Crippen molar-refractivity contribution in [3.63, 3.8) is 0 Å². The number of aromatic hydroxyl groups is 1. The number of allylic oxidation sites excluding steroid dienone is 3. The van der Waals surface area contributed by atoms with Crippen LogP contribution in [0.5, 0.6) is 5.75 Å². The lowest BCUT2D eigenvalue weighted by atomic mass is 9.80. The summed E-state index contributed by atoms with van der Waals surface area (Å²) in [5.74, 6) is -0.381. The first kappa shape index (κ1) is 16.6. The van der Waals surface area contributed by atoms with Gasteiger partial charge in [0.1, 0.15) is 5.75 Å². The Morgan fingerprint density at radius 3 is 2.24 bits per heavy atom. The number of nitriles is 2. The molecule has 0 saturated carbocycles. The van der Waals surface area contributed by atoms with Gasteiger partial charge in [0.25, 0.3) is 0 Å². The van der Waals surface area contributed by atoms with E-state index in [0.29, 0.717) is 33.1 Å². The van der Waals surface area contributed by atoms with Crippen LogP contribution in [-0.4, -0.2) is 5.11 Å². The highest BCUT2D eigenvalue weighted by Crippen LogP contribution is 2.41. The fourth-order valence-electron chi connectivity index (χ4n) is 2.97. The number of phenols is 1. The summed E-state index contributed by atoms with van der Waals surface area (Å²) >= 11 is 6.31. The van der Waals surface area contributed by atoms with Gasteiger partial charge < -0.3 is 10.4 Å². The topological polar surface area (TPSA) is 79.8 Å². The molecule has 1 unspecified atom stereocenters. The summed E-state index contributed by atoms with van der Waals surface area (Å²) in [6, 6.07) is 18.2. The summed E-state index contributed by atoms with van der Waals surface area (Å²) in [6.45, 7) is 1.80. The van der Waals surface area contributed by atoms with Gasteiger partial charge in [-0.3, -0.25) is 0 Å². The van der Waals surface area contributed by atoms with E-state index in [0.717, 1.165) is 5.56 Å². The summed E-state index contributed by atoms with van der Waals surface area (Å²) in [4.78, 5) is 0. The summed E-state index contributed by atoms with van der Waals surface area (Å²) in [5, 5.41) is 32.7. The second-order valence-corrected chi connectivity index (χ2v) is 6.09. The molecule has 0 aromatic heterocycles. The first-order chi connectivity index (χ1) is 12.1. The Hall–Kier alpha value is -3.21. The second kappa shape index (κ2) is 6.73. The Morgan fingerprint density at radius 1 is 1.00 bits per heavy atom. The fourth-order valence-corrected chi connectivity index (χ4v) is 3.20. The first-order valence-electron chi connectivity index (χ1n) is 7.62. The second-order valence-electron chi connectivity index (χ2n) is 5.68. The SMILES string of the molecule is CC1=C(C#N)C(c2ccc(O)cc2)C(C#N)=C(c2ccccc2Cl)N1. The minimum Gasteiger partial charge on any atom is -0.508 e. The molecule has 1 aliphatic heterocycles. The highest BCUT2D eigenvalue weighted by atomic mass is 35.5. The van der Waals surface area contributed by atoms with E-state index in [2.05, 4.69) is 17.5 Å². The largest absolute Gasteiger partial charge is 0.508 e. The number of dihydropyridines is 1. The van der Waals surface area contributed by atoms with Crippen molar-refractivity contribution in [2.75, 3.05) is 0 Å². The zero-order chi connectivity index (χ0) is 18.0. The molecule has 0 amide bonds. The lowest BCUT2D eigenvalue weighted by Crippen LogP contribution is -2.24. The molecular formula is C20H14ClN3O. The fraction of sp³-hybridized carbons (Fsp3) is 0.100. The summed E-state index contributed by atoms with van der Waals surface area (Å²) < 4.78 is 0. The Labute approximate surface area is 150 Å². The molecular weight excluding hydrogens is 334 g/mol. The lowest BCUT2D eigenvalue weighted by Gasteiger charge is -2.28. The number of nitrogens with zero attached hydrogens (tertiary/aromatic N) is 2. The van der Waals surface area contributed by atoms with Crippen LogP contribution in [0.15, 0.2) is 65.4 Å². The van der Waals surface area contributed by atoms with E-state index in [9.17, 15) is 15.6 Å². The van der Waals surface area contributed by atoms with Gasteiger partial charge >= 0.3 is 0 Å². The molecule has 3 rings (SSSR count). The van der Waals surface area contributed by atoms with Crippen molar-refractivity contribution in [3.05, 3.63) is 81.5 Å². The van der Waals surface area contributed by atoms with Crippen LogP contribution in [0.4, 0.5) is 0 Å². The number of benzene rings is 2. The molecule has 4 nitrogen and oxygen atoms in total. The molecule has 5 heteroatoms. The van der Waals surface area contributed by atoms with E-state index >= 15 is 0 Å². The molecule has 2 aromatic carbocycles. The van der Waals surface area contributed by atoms with E-state index in [-0.39, 0.29) is 5.75 Å². The molecule has 0 fully saturated rings. The van der Waals surface area contributed by atoms with Gasteiger partial charge in [-0.25, -0.2) is 0 Å². The molecule has 0 spiro atoms. The molecule has 1 atom stereocenters. The minimum absolute atomic E-state index is 0.130. The molecule has 0 aliphatic carbocycles. The molecule has 0 radical (unpaired) electrons. The summed E-state index contributed by atoms with van der Waals surface area (Å²) in [6.07, 6.45) is 0. The molecule has 122 valence electrons. The molecule has 2 N–H and O–H groups in total. The quantitative estimate of drug-likeness (QED) is 0.840. The number of hydrogen-bond donors (Lipinski definition) is 2. The van der Waals surface area contributed by atoms with Crippen molar-refractivity contribution in [3.8, 4) is 17.9 Å². The van der Waals surface area contributed by atoms with E-state index in [4.69, 9.17) is 11.6 Å². The Morgan fingerprint density at radius 2 is 1.64 bits per heavy atom. The van der Waals surface area contributed by atoms with Gasteiger partial charge in [-0.1, -0.05) is 41.9 Å². The van der Waals surface area contributed by atoms with Gasteiger partial charge in [0.2, 0.25) is 0 Å². The van der Waals surface area contributed by atoms with Crippen LogP contribution in [0, 0.1) is 22.7 Å². The minimum atomic E-state index is -0.511. The predicted molar refractivity (Wildman–Crippen MR) is 96.3 cm³/mol. The van der Waals surface area contributed by atoms with Crippen LogP contribution in [-0.2, 0) is 0 Å². The molecule has 0 bridgehead atoms. The van der Waals surface area contributed by atoms with E-state index in [1.807, 2.05) is 18.2 Å². The zero-order valence-corrected chi connectivity index (χ0v) is 14.2. The van der Waals surface area contributed by atoms with Crippen LogP contribution < -0.4 is 5.32 Å². The van der Waals surface area contributed by atoms with Gasteiger partial charge in [-0.15, -0.1) is 0 Å². The number of nitrogens with one attached hydrogen (secondary N) is 1. The third-order valence-corrected chi connectivity index (χ3v) is 4.50. The Kier molecular flexibility index (Phi) is 4.48. The molecule has 0 saturated heterocycles. The Balaban J connectivity index is 2.26. The first-order valence-corrected chi connectivity index (χ1v) is 8.00. The highest BCUT2D eigenvalue weighted by molar-refractivity contribution is 6.32.